The number of piperidine rings is 1. The summed E-state index contributed by atoms with van der Waals surface area (Å²) >= 11 is 0. The monoisotopic (exact) mass is 355 g/mol. The minimum atomic E-state index is -0.0251. The standard InChI is InChI=1S/C17H25N3O3.ClH/c1-18-9-10-19-17(22)14-7-11-20(12-8-14)16(21)13-23-15-5-3-2-4-6-15;/h2-6,14,18H,7-13H2,1H3,(H,19,22);1H. The molecule has 1 aliphatic rings. The molecule has 1 aliphatic heterocycles. The Morgan fingerprint density at radius 3 is 2.46 bits per heavy atom. The van der Waals surface area contributed by atoms with Crippen molar-refractivity contribution in [3.63, 3.8) is 0 Å². The second kappa shape index (κ2) is 10.9. The fourth-order valence-corrected chi connectivity index (χ4v) is 2.60. The van der Waals surface area contributed by atoms with E-state index in [9.17, 15) is 9.59 Å². The number of rotatable bonds is 7. The highest BCUT2D eigenvalue weighted by Gasteiger charge is 2.27. The molecule has 0 aromatic heterocycles. The second-order valence-corrected chi connectivity index (χ2v) is 5.65. The third-order valence-electron chi connectivity index (χ3n) is 4.00. The normalized spacial score (nSPS) is 14.6. The second-order valence-electron chi connectivity index (χ2n) is 5.65. The number of carbonyl (C=O) groups is 2. The highest BCUT2D eigenvalue weighted by molar-refractivity contribution is 5.85. The Kier molecular flexibility index (Phi) is 9.19. The van der Waals surface area contributed by atoms with E-state index >= 15 is 0 Å². The smallest absolute Gasteiger partial charge is 0.260 e. The van der Waals surface area contributed by atoms with E-state index in [-0.39, 0.29) is 36.7 Å². The van der Waals surface area contributed by atoms with Crippen LogP contribution in [0, 0.1) is 5.92 Å². The molecular formula is C17H26ClN3O3. The molecule has 0 spiro atoms. The molecule has 0 unspecified atom stereocenters. The van der Waals surface area contributed by atoms with Gasteiger partial charge in [-0.25, -0.2) is 0 Å². The number of likely N-dealkylation sites (tertiary alicyclic amines) is 1. The van der Waals surface area contributed by atoms with Crippen LogP contribution in [0.4, 0.5) is 0 Å². The number of nitrogens with one attached hydrogen (secondary N) is 2. The zero-order chi connectivity index (χ0) is 16.5. The van der Waals surface area contributed by atoms with E-state index in [2.05, 4.69) is 10.6 Å². The molecule has 2 N–H and O–H groups in total. The molecule has 1 aromatic rings. The number of hydrogen-bond acceptors (Lipinski definition) is 4. The summed E-state index contributed by atoms with van der Waals surface area (Å²) in [6.45, 7) is 2.67. The Labute approximate surface area is 149 Å². The quantitative estimate of drug-likeness (QED) is 0.717. The van der Waals surface area contributed by atoms with E-state index in [1.54, 1.807) is 4.90 Å². The van der Waals surface area contributed by atoms with Gasteiger partial charge in [0.15, 0.2) is 6.61 Å². The molecule has 2 amide bonds. The summed E-state index contributed by atoms with van der Waals surface area (Å²) in [5, 5.41) is 5.91. The average molecular weight is 356 g/mol. The summed E-state index contributed by atoms with van der Waals surface area (Å²) < 4.78 is 5.48. The highest BCUT2D eigenvalue weighted by Crippen LogP contribution is 2.17. The number of benzene rings is 1. The molecule has 0 aliphatic carbocycles. The van der Waals surface area contributed by atoms with Crippen molar-refractivity contribution < 1.29 is 14.3 Å². The lowest BCUT2D eigenvalue weighted by molar-refractivity contribution is -0.137. The number of para-hydroxylation sites is 1. The molecule has 0 saturated carbocycles. The minimum Gasteiger partial charge on any atom is -0.484 e. The molecule has 1 aromatic carbocycles. The van der Waals surface area contributed by atoms with Crippen molar-refractivity contribution in [2.24, 2.45) is 5.92 Å². The Morgan fingerprint density at radius 1 is 1.17 bits per heavy atom. The number of carbonyl (C=O) groups excluding carboxylic acids is 2. The molecule has 0 radical (unpaired) electrons. The van der Waals surface area contributed by atoms with Crippen LogP contribution in [0.15, 0.2) is 30.3 Å². The van der Waals surface area contributed by atoms with Crippen molar-refractivity contribution in [3.05, 3.63) is 30.3 Å². The molecule has 0 bridgehead atoms. The van der Waals surface area contributed by atoms with Gasteiger partial charge in [0, 0.05) is 32.1 Å². The van der Waals surface area contributed by atoms with Crippen LogP contribution < -0.4 is 15.4 Å². The van der Waals surface area contributed by atoms with Gasteiger partial charge in [0.1, 0.15) is 5.75 Å². The molecule has 1 heterocycles. The number of ether oxygens (including phenoxy) is 1. The van der Waals surface area contributed by atoms with Gasteiger partial charge in [-0.1, -0.05) is 18.2 Å². The van der Waals surface area contributed by atoms with E-state index in [0.717, 1.165) is 6.54 Å². The van der Waals surface area contributed by atoms with Gasteiger partial charge in [-0.2, -0.15) is 0 Å². The lowest BCUT2D eigenvalue weighted by Gasteiger charge is -2.31. The number of hydrogen-bond donors (Lipinski definition) is 2. The van der Waals surface area contributed by atoms with Crippen LogP contribution in [0.3, 0.4) is 0 Å². The molecule has 7 heteroatoms. The van der Waals surface area contributed by atoms with Crippen molar-refractivity contribution in [1.82, 2.24) is 15.5 Å². The molecule has 24 heavy (non-hydrogen) atoms. The van der Waals surface area contributed by atoms with Crippen LogP contribution in [0.1, 0.15) is 12.8 Å². The van der Waals surface area contributed by atoms with E-state index < -0.39 is 0 Å². The fourth-order valence-electron chi connectivity index (χ4n) is 2.60. The maximum absolute atomic E-state index is 12.2. The first-order valence-corrected chi connectivity index (χ1v) is 8.08. The van der Waals surface area contributed by atoms with Gasteiger partial charge in [0.05, 0.1) is 0 Å². The van der Waals surface area contributed by atoms with Gasteiger partial charge in [-0.3, -0.25) is 9.59 Å². The number of halogens is 1. The molecular weight excluding hydrogens is 330 g/mol. The zero-order valence-corrected chi connectivity index (χ0v) is 14.8. The lowest BCUT2D eigenvalue weighted by atomic mass is 9.96. The van der Waals surface area contributed by atoms with E-state index in [0.29, 0.717) is 38.2 Å². The van der Waals surface area contributed by atoms with Crippen molar-refractivity contribution in [2.45, 2.75) is 12.8 Å². The average Bonchev–Trinajstić information content (AvgIpc) is 2.61. The van der Waals surface area contributed by atoms with E-state index in [4.69, 9.17) is 4.74 Å². The molecule has 1 fully saturated rings. The fraction of sp³-hybridized carbons (Fsp3) is 0.529. The SMILES string of the molecule is CNCCNC(=O)C1CCN(C(=O)COc2ccccc2)CC1.Cl. The van der Waals surface area contributed by atoms with Crippen LogP contribution in [0.5, 0.6) is 5.75 Å². The minimum absolute atomic E-state index is 0. The summed E-state index contributed by atoms with van der Waals surface area (Å²) in [5.41, 5.74) is 0. The molecule has 134 valence electrons. The summed E-state index contributed by atoms with van der Waals surface area (Å²) in [5.74, 6) is 0.765. The largest absolute Gasteiger partial charge is 0.484 e. The van der Waals surface area contributed by atoms with Crippen LogP contribution in [0.25, 0.3) is 0 Å². The first-order valence-electron chi connectivity index (χ1n) is 8.08. The van der Waals surface area contributed by atoms with Crippen molar-refractivity contribution >= 4 is 24.2 Å². The van der Waals surface area contributed by atoms with Crippen LogP contribution in [-0.4, -0.2) is 56.5 Å². The van der Waals surface area contributed by atoms with Gasteiger partial charge in [-0.05, 0) is 32.0 Å². The summed E-state index contributed by atoms with van der Waals surface area (Å²) in [6, 6.07) is 9.31. The van der Waals surface area contributed by atoms with Gasteiger partial charge in [-0.15, -0.1) is 12.4 Å². The van der Waals surface area contributed by atoms with Crippen molar-refractivity contribution in [3.8, 4) is 5.75 Å². The van der Waals surface area contributed by atoms with E-state index in [1.165, 1.54) is 0 Å². The topological polar surface area (TPSA) is 70.7 Å². The molecule has 1 saturated heterocycles. The third kappa shape index (κ3) is 6.37. The first-order chi connectivity index (χ1) is 11.2. The Bertz CT molecular complexity index is 505. The summed E-state index contributed by atoms with van der Waals surface area (Å²) in [7, 11) is 1.85. The highest BCUT2D eigenvalue weighted by atomic mass is 35.5. The molecule has 2 rings (SSSR count). The van der Waals surface area contributed by atoms with Gasteiger partial charge in [0.25, 0.3) is 5.91 Å². The number of nitrogens with zero attached hydrogens (tertiary/aromatic N) is 1. The predicted octanol–water partition coefficient (Wildman–Crippen LogP) is 1.06. The Hall–Kier alpha value is -1.79. The van der Waals surface area contributed by atoms with Gasteiger partial charge < -0.3 is 20.3 Å². The van der Waals surface area contributed by atoms with E-state index in [1.807, 2.05) is 37.4 Å². The van der Waals surface area contributed by atoms with Crippen LogP contribution >= 0.6 is 12.4 Å². The Morgan fingerprint density at radius 2 is 1.83 bits per heavy atom. The maximum Gasteiger partial charge on any atom is 0.260 e. The summed E-state index contributed by atoms with van der Waals surface area (Å²) in [4.78, 5) is 25.9. The molecule has 6 nitrogen and oxygen atoms in total. The van der Waals surface area contributed by atoms with Crippen molar-refractivity contribution in [1.29, 1.82) is 0 Å². The van der Waals surface area contributed by atoms with Gasteiger partial charge >= 0.3 is 0 Å². The van der Waals surface area contributed by atoms with Crippen LogP contribution in [0.2, 0.25) is 0 Å². The third-order valence-corrected chi connectivity index (χ3v) is 4.00. The first kappa shape index (κ1) is 20.3. The van der Waals surface area contributed by atoms with Crippen molar-refractivity contribution in [2.75, 3.05) is 39.8 Å². The molecule has 0 atom stereocenters. The van der Waals surface area contributed by atoms with Gasteiger partial charge in [0.2, 0.25) is 5.91 Å². The lowest BCUT2D eigenvalue weighted by Crippen LogP contribution is -2.45. The summed E-state index contributed by atoms with van der Waals surface area (Å²) in [6.07, 6.45) is 1.42. The van der Waals surface area contributed by atoms with Crippen LogP contribution in [-0.2, 0) is 9.59 Å². The maximum atomic E-state index is 12.2. The predicted molar refractivity (Wildman–Crippen MR) is 95.4 cm³/mol. The Balaban J connectivity index is 0.00000288. The zero-order valence-electron chi connectivity index (χ0n) is 14.0. The number of amides is 2. The number of likely N-dealkylation sites (N-methyl/N-ethyl adjacent to an activating group) is 1.